The minimum atomic E-state index is 0.410. The number of aromatic nitrogens is 3. The molecule has 6 heteroatoms. The average molecular weight is 424 g/mol. The maximum absolute atomic E-state index is 5.23. The lowest BCUT2D eigenvalue weighted by atomic mass is 9.92. The highest BCUT2D eigenvalue weighted by molar-refractivity contribution is 7.11. The number of hydrogen-bond acceptors (Lipinski definition) is 5. The van der Waals surface area contributed by atoms with Crippen molar-refractivity contribution in [2.75, 3.05) is 31.1 Å². The lowest BCUT2D eigenvalue weighted by Gasteiger charge is -2.32. The molecule has 3 aromatic heterocycles. The van der Waals surface area contributed by atoms with Crippen LogP contribution in [-0.2, 0) is 6.54 Å². The van der Waals surface area contributed by atoms with Crippen molar-refractivity contribution in [2.24, 2.45) is 0 Å². The Morgan fingerprint density at radius 2 is 1.87 bits per heavy atom. The van der Waals surface area contributed by atoms with Gasteiger partial charge in [0, 0.05) is 47.0 Å². The molecule has 5 rings (SSSR count). The number of rotatable bonds is 5. The molecule has 2 fully saturated rings. The fraction of sp³-hybridized carbons (Fsp3) is 0.583. The van der Waals surface area contributed by atoms with Crippen LogP contribution >= 0.6 is 11.3 Å². The highest BCUT2D eigenvalue weighted by Gasteiger charge is 2.26. The molecule has 2 aliphatic rings. The molecule has 160 valence electrons. The van der Waals surface area contributed by atoms with E-state index in [4.69, 9.17) is 9.97 Å². The van der Waals surface area contributed by atoms with Crippen molar-refractivity contribution in [3.05, 3.63) is 40.0 Å². The van der Waals surface area contributed by atoms with Crippen molar-refractivity contribution in [1.29, 1.82) is 0 Å². The van der Waals surface area contributed by atoms with Gasteiger partial charge in [0.25, 0.3) is 0 Å². The second kappa shape index (κ2) is 8.31. The SMILES string of the molecule is Cc1ccc(CN2CCC(c3cc4c(ncn4C(C)C)c(N4CCCC4)n3)CC2)s1. The van der Waals surface area contributed by atoms with Gasteiger partial charge in [-0.05, 0) is 77.7 Å². The molecule has 30 heavy (non-hydrogen) atoms. The van der Waals surface area contributed by atoms with Gasteiger partial charge in [0.05, 0.1) is 11.8 Å². The third kappa shape index (κ3) is 3.87. The third-order valence-electron chi connectivity index (χ3n) is 6.71. The summed E-state index contributed by atoms with van der Waals surface area (Å²) in [6.45, 7) is 12.3. The van der Waals surface area contributed by atoms with E-state index in [0.29, 0.717) is 12.0 Å². The molecule has 2 aliphatic heterocycles. The van der Waals surface area contributed by atoms with Crippen LogP contribution in [-0.4, -0.2) is 45.6 Å². The average Bonchev–Trinajstić information content (AvgIpc) is 3.48. The summed E-state index contributed by atoms with van der Waals surface area (Å²) in [7, 11) is 0. The molecule has 0 atom stereocenters. The molecule has 5 nitrogen and oxygen atoms in total. The summed E-state index contributed by atoms with van der Waals surface area (Å²) in [4.78, 5) is 18.0. The number of thiophene rings is 1. The van der Waals surface area contributed by atoms with Gasteiger partial charge in [-0.1, -0.05) is 0 Å². The van der Waals surface area contributed by atoms with E-state index in [-0.39, 0.29) is 0 Å². The van der Waals surface area contributed by atoms with Crippen LogP contribution < -0.4 is 4.90 Å². The van der Waals surface area contributed by atoms with Gasteiger partial charge in [0.2, 0.25) is 0 Å². The van der Waals surface area contributed by atoms with E-state index < -0.39 is 0 Å². The summed E-state index contributed by atoms with van der Waals surface area (Å²) < 4.78 is 2.31. The fourth-order valence-corrected chi connectivity index (χ4v) is 5.91. The Morgan fingerprint density at radius 3 is 2.53 bits per heavy atom. The molecule has 5 heterocycles. The zero-order chi connectivity index (χ0) is 20.7. The first-order valence-corrected chi connectivity index (χ1v) is 12.3. The Hall–Kier alpha value is -1.92. The Balaban J connectivity index is 1.39. The maximum Gasteiger partial charge on any atom is 0.157 e. The summed E-state index contributed by atoms with van der Waals surface area (Å²) in [6, 6.07) is 7.28. The molecule has 0 unspecified atom stereocenters. The molecular formula is C24H33N5S. The number of anilines is 1. The molecule has 0 amide bonds. The molecule has 3 aromatic rings. The van der Waals surface area contributed by atoms with E-state index in [1.165, 1.54) is 46.6 Å². The highest BCUT2D eigenvalue weighted by Crippen LogP contribution is 2.35. The molecule has 0 N–H and O–H groups in total. The first-order chi connectivity index (χ1) is 14.6. The van der Waals surface area contributed by atoms with Crippen LogP contribution in [0.25, 0.3) is 11.0 Å². The van der Waals surface area contributed by atoms with Crippen LogP contribution in [0.15, 0.2) is 24.5 Å². The monoisotopic (exact) mass is 423 g/mol. The zero-order valence-corrected chi connectivity index (χ0v) is 19.3. The van der Waals surface area contributed by atoms with Crippen molar-refractivity contribution in [1.82, 2.24) is 19.4 Å². The largest absolute Gasteiger partial charge is 0.355 e. The zero-order valence-electron chi connectivity index (χ0n) is 18.5. The van der Waals surface area contributed by atoms with Gasteiger partial charge >= 0.3 is 0 Å². The van der Waals surface area contributed by atoms with Gasteiger partial charge in [0.15, 0.2) is 5.82 Å². The van der Waals surface area contributed by atoms with Gasteiger partial charge in [-0.2, -0.15) is 0 Å². The predicted octanol–water partition coefficient (Wildman–Crippen LogP) is 5.36. The van der Waals surface area contributed by atoms with E-state index in [2.05, 4.69) is 53.3 Å². The van der Waals surface area contributed by atoms with Gasteiger partial charge in [0.1, 0.15) is 5.52 Å². The number of pyridine rings is 1. The van der Waals surface area contributed by atoms with Gasteiger partial charge < -0.3 is 9.47 Å². The summed E-state index contributed by atoms with van der Waals surface area (Å²) in [5.41, 5.74) is 3.62. The number of hydrogen-bond donors (Lipinski definition) is 0. The smallest absolute Gasteiger partial charge is 0.157 e. The van der Waals surface area contributed by atoms with Crippen molar-refractivity contribution in [2.45, 2.75) is 65.0 Å². The third-order valence-corrected chi connectivity index (χ3v) is 7.69. The number of likely N-dealkylation sites (tertiary alicyclic amines) is 1. The second-order valence-electron chi connectivity index (χ2n) is 9.24. The molecule has 0 saturated carbocycles. The van der Waals surface area contributed by atoms with E-state index in [1.807, 2.05) is 17.7 Å². The molecule has 0 aromatic carbocycles. The van der Waals surface area contributed by atoms with Crippen molar-refractivity contribution >= 4 is 28.2 Å². The highest BCUT2D eigenvalue weighted by atomic mass is 32.1. The fourth-order valence-electron chi connectivity index (χ4n) is 4.98. The second-order valence-corrected chi connectivity index (χ2v) is 10.6. The van der Waals surface area contributed by atoms with E-state index >= 15 is 0 Å². The lowest BCUT2D eigenvalue weighted by molar-refractivity contribution is 0.205. The molecule has 0 radical (unpaired) electrons. The Kier molecular flexibility index (Phi) is 5.54. The van der Waals surface area contributed by atoms with E-state index in [9.17, 15) is 0 Å². The summed E-state index contributed by atoms with van der Waals surface area (Å²) in [6.07, 6.45) is 6.92. The number of fused-ring (bicyclic) bond motifs is 1. The minimum Gasteiger partial charge on any atom is -0.355 e. The van der Waals surface area contributed by atoms with Crippen LogP contribution in [0.2, 0.25) is 0 Å². The van der Waals surface area contributed by atoms with Crippen molar-refractivity contribution < 1.29 is 0 Å². The van der Waals surface area contributed by atoms with Crippen LogP contribution in [0.3, 0.4) is 0 Å². The summed E-state index contributed by atoms with van der Waals surface area (Å²) in [5.74, 6) is 1.67. The first-order valence-electron chi connectivity index (χ1n) is 11.5. The number of aryl methyl sites for hydroxylation is 1. The van der Waals surface area contributed by atoms with Gasteiger partial charge in [-0.15, -0.1) is 11.3 Å². The van der Waals surface area contributed by atoms with Crippen LogP contribution in [0.4, 0.5) is 5.82 Å². The Morgan fingerprint density at radius 1 is 1.10 bits per heavy atom. The normalized spacial score (nSPS) is 18.9. The van der Waals surface area contributed by atoms with Crippen molar-refractivity contribution in [3.8, 4) is 0 Å². The maximum atomic E-state index is 5.23. The van der Waals surface area contributed by atoms with Crippen molar-refractivity contribution in [3.63, 3.8) is 0 Å². The number of piperidine rings is 1. The molecule has 0 spiro atoms. The Labute approximate surface area is 183 Å². The van der Waals surface area contributed by atoms with Crippen LogP contribution in [0.1, 0.15) is 66.9 Å². The van der Waals surface area contributed by atoms with E-state index in [0.717, 1.165) is 44.1 Å². The van der Waals surface area contributed by atoms with E-state index in [1.54, 1.807) is 0 Å². The van der Waals surface area contributed by atoms with Gasteiger partial charge in [-0.25, -0.2) is 9.97 Å². The topological polar surface area (TPSA) is 37.2 Å². The number of nitrogens with zero attached hydrogens (tertiary/aromatic N) is 5. The Bertz CT molecular complexity index is 1010. The minimum absolute atomic E-state index is 0.410. The quantitative estimate of drug-likeness (QED) is 0.553. The standard InChI is InChI=1S/C24H33N5S/c1-17(2)29-16-25-23-22(29)14-21(26-24(23)28-10-4-5-11-28)19-8-12-27(13-9-19)15-20-7-6-18(3)30-20/h6-7,14,16-17,19H,4-5,8-13,15H2,1-3H3. The molecule has 0 bridgehead atoms. The lowest BCUT2D eigenvalue weighted by Crippen LogP contribution is -2.32. The van der Waals surface area contributed by atoms with Crippen LogP contribution in [0, 0.1) is 6.92 Å². The molecule has 2 saturated heterocycles. The van der Waals surface area contributed by atoms with Crippen LogP contribution in [0.5, 0.6) is 0 Å². The summed E-state index contributed by atoms with van der Waals surface area (Å²) in [5, 5.41) is 0. The molecular weight excluding hydrogens is 390 g/mol. The van der Waals surface area contributed by atoms with Gasteiger partial charge in [-0.3, -0.25) is 4.90 Å². The summed E-state index contributed by atoms with van der Waals surface area (Å²) >= 11 is 1.93. The predicted molar refractivity (Wildman–Crippen MR) is 126 cm³/mol. The first kappa shape index (κ1) is 20.0. The number of imidazole rings is 1. The molecule has 0 aliphatic carbocycles.